The maximum atomic E-state index is 3.81. The van der Waals surface area contributed by atoms with Gasteiger partial charge in [0.05, 0.1) is 0 Å². The van der Waals surface area contributed by atoms with Gasteiger partial charge in [-0.25, -0.2) is 0 Å². The van der Waals surface area contributed by atoms with E-state index in [1.165, 1.54) is 0 Å². The molecule has 0 saturated heterocycles. The molecule has 0 aliphatic rings. The van der Waals surface area contributed by atoms with Crippen LogP contribution < -0.4 is 0 Å². The standard InChI is InChI=1S/C7H15/c1-5-7(4)6(2)3/h6-7H,1,5H2,2-4H3. The average molecular weight is 99.2 g/mol. The van der Waals surface area contributed by atoms with E-state index in [-0.39, 0.29) is 0 Å². The largest absolute Gasteiger partial charge is 0.0625 e. The quantitative estimate of drug-likeness (QED) is 0.499. The Morgan fingerprint density at radius 2 is 1.71 bits per heavy atom. The van der Waals surface area contributed by atoms with E-state index in [0.717, 1.165) is 18.3 Å². The van der Waals surface area contributed by atoms with E-state index in [0.29, 0.717) is 0 Å². The van der Waals surface area contributed by atoms with Gasteiger partial charge in [-0.3, -0.25) is 0 Å². The molecule has 0 aliphatic heterocycles. The fourth-order valence-corrected chi connectivity index (χ4v) is 0.333. The molecule has 1 atom stereocenters. The Hall–Kier alpha value is 0. The van der Waals surface area contributed by atoms with Gasteiger partial charge in [0.25, 0.3) is 0 Å². The Morgan fingerprint density at radius 3 is 1.71 bits per heavy atom. The molecule has 0 aromatic heterocycles. The van der Waals surface area contributed by atoms with Gasteiger partial charge in [0.1, 0.15) is 0 Å². The first-order valence-electron chi connectivity index (χ1n) is 2.97. The lowest BCUT2D eigenvalue weighted by Crippen LogP contribution is -2.00. The van der Waals surface area contributed by atoms with Crippen LogP contribution in [0.4, 0.5) is 0 Å². The van der Waals surface area contributed by atoms with Gasteiger partial charge in [0.2, 0.25) is 0 Å². The van der Waals surface area contributed by atoms with Crippen molar-refractivity contribution in [2.24, 2.45) is 11.8 Å². The molecular formula is C7H15. The van der Waals surface area contributed by atoms with E-state index < -0.39 is 0 Å². The summed E-state index contributed by atoms with van der Waals surface area (Å²) in [7, 11) is 0. The lowest BCUT2D eigenvalue weighted by molar-refractivity contribution is 0.423. The molecule has 0 aromatic rings. The minimum atomic E-state index is 0.792. The van der Waals surface area contributed by atoms with Gasteiger partial charge in [-0.1, -0.05) is 34.1 Å². The van der Waals surface area contributed by atoms with Crippen molar-refractivity contribution in [1.82, 2.24) is 0 Å². The van der Waals surface area contributed by atoms with Crippen LogP contribution in [0.5, 0.6) is 0 Å². The zero-order valence-electron chi connectivity index (χ0n) is 5.57. The van der Waals surface area contributed by atoms with Crippen LogP contribution in [0.25, 0.3) is 0 Å². The summed E-state index contributed by atoms with van der Waals surface area (Å²) in [6.07, 6.45) is 1.07. The van der Waals surface area contributed by atoms with Gasteiger partial charge in [-0.05, 0) is 11.8 Å². The van der Waals surface area contributed by atoms with Crippen molar-refractivity contribution in [3.63, 3.8) is 0 Å². The van der Waals surface area contributed by atoms with Gasteiger partial charge in [-0.2, -0.15) is 0 Å². The fraction of sp³-hybridized carbons (Fsp3) is 0.857. The van der Waals surface area contributed by atoms with Crippen molar-refractivity contribution in [1.29, 1.82) is 0 Å². The summed E-state index contributed by atoms with van der Waals surface area (Å²) in [5, 5.41) is 0. The summed E-state index contributed by atoms with van der Waals surface area (Å²) in [5.74, 6) is 1.59. The molecule has 0 N–H and O–H groups in total. The van der Waals surface area contributed by atoms with Crippen molar-refractivity contribution >= 4 is 0 Å². The van der Waals surface area contributed by atoms with Crippen LogP contribution >= 0.6 is 0 Å². The Morgan fingerprint density at radius 1 is 1.29 bits per heavy atom. The predicted molar refractivity (Wildman–Crippen MR) is 34.0 cm³/mol. The van der Waals surface area contributed by atoms with Crippen LogP contribution in [-0.4, -0.2) is 0 Å². The molecule has 0 spiro atoms. The molecule has 0 nitrogen and oxygen atoms in total. The maximum absolute atomic E-state index is 3.81. The van der Waals surface area contributed by atoms with Gasteiger partial charge in [0.15, 0.2) is 0 Å². The van der Waals surface area contributed by atoms with Crippen LogP contribution in [-0.2, 0) is 0 Å². The minimum Gasteiger partial charge on any atom is -0.0625 e. The molecule has 1 radical (unpaired) electrons. The molecule has 0 aromatic carbocycles. The van der Waals surface area contributed by atoms with E-state index in [9.17, 15) is 0 Å². The highest BCUT2D eigenvalue weighted by molar-refractivity contribution is 4.56. The second kappa shape index (κ2) is 3.06. The lowest BCUT2D eigenvalue weighted by Gasteiger charge is -2.10. The summed E-state index contributed by atoms with van der Waals surface area (Å²) in [6, 6.07) is 0. The van der Waals surface area contributed by atoms with Gasteiger partial charge in [0, 0.05) is 0 Å². The van der Waals surface area contributed by atoms with Crippen LogP contribution in [0.3, 0.4) is 0 Å². The lowest BCUT2D eigenvalue weighted by atomic mass is 9.96. The molecule has 0 amide bonds. The summed E-state index contributed by atoms with van der Waals surface area (Å²) in [4.78, 5) is 0. The smallest absolute Gasteiger partial charge is 0.0420 e. The van der Waals surface area contributed by atoms with Crippen LogP contribution in [0.1, 0.15) is 27.2 Å². The number of rotatable bonds is 2. The second-order valence-corrected chi connectivity index (χ2v) is 2.51. The molecule has 0 bridgehead atoms. The topological polar surface area (TPSA) is 0 Å². The van der Waals surface area contributed by atoms with E-state index >= 15 is 0 Å². The molecule has 0 rings (SSSR count). The minimum absolute atomic E-state index is 0.792. The summed E-state index contributed by atoms with van der Waals surface area (Å²) < 4.78 is 0. The first-order chi connectivity index (χ1) is 3.18. The molecular weight excluding hydrogens is 84.1 g/mol. The maximum Gasteiger partial charge on any atom is -0.0420 e. The highest BCUT2D eigenvalue weighted by Gasteiger charge is 2.01. The Balaban J connectivity index is 3.14. The highest BCUT2D eigenvalue weighted by Crippen LogP contribution is 2.11. The van der Waals surface area contributed by atoms with E-state index in [4.69, 9.17) is 0 Å². The van der Waals surface area contributed by atoms with E-state index in [1.54, 1.807) is 0 Å². The van der Waals surface area contributed by atoms with Gasteiger partial charge < -0.3 is 0 Å². The number of hydrogen-bond acceptors (Lipinski definition) is 0. The molecule has 0 aliphatic carbocycles. The Bertz CT molecular complexity index is 37.3. The van der Waals surface area contributed by atoms with Crippen molar-refractivity contribution < 1.29 is 0 Å². The van der Waals surface area contributed by atoms with Crippen LogP contribution in [0.15, 0.2) is 0 Å². The summed E-state index contributed by atoms with van der Waals surface area (Å²) in [5.41, 5.74) is 0. The van der Waals surface area contributed by atoms with Crippen LogP contribution in [0.2, 0.25) is 0 Å². The zero-order valence-corrected chi connectivity index (χ0v) is 5.57. The first-order valence-corrected chi connectivity index (χ1v) is 2.97. The van der Waals surface area contributed by atoms with E-state index in [2.05, 4.69) is 27.7 Å². The first kappa shape index (κ1) is 7.00. The highest BCUT2D eigenvalue weighted by atomic mass is 14.1. The van der Waals surface area contributed by atoms with E-state index in [1.807, 2.05) is 0 Å². The summed E-state index contributed by atoms with van der Waals surface area (Å²) in [6.45, 7) is 10.5. The Labute approximate surface area is 46.9 Å². The zero-order chi connectivity index (χ0) is 5.86. The monoisotopic (exact) mass is 99.1 g/mol. The van der Waals surface area contributed by atoms with Crippen molar-refractivity contribution in [3.8, 4) is 0 Å². The van der Waals surface area contributed by atoms with Crippen molar-refractivity contribution in [3.05, 3.63) is 6.92 Å². The van der Waals surface area contributed by atoms with Crippen molar-refractivity contribution in [2.75, 3.05) is 0 Å². The molecule has 0 heterocycles. The van der Waals surface area contributed by atoms with Gasteiger partial charge in [-0.15, -0.1) is 0 Å². The molecule has 0 heteroatoms. The predicted octanol–water partition coefficient (Wildman–Crippen LogP) is 2.50. The molecule has 43 valence electrons. The molecule has 0 saturated carbocycles. The molecule has 7 heavy (non-hydrogen) atoms. The second-order valence-electron chi connectivity index (χ2n) is 2.51. The average Bonchev–Trinajstić information content (AvgIpc) is 1.65. The Kier molecular flexibility index (Phi) is 3.06. The fourth-order valence-electron chi connectivity index (χ4n) is 0.333. The molecule has 1 unspecified atom stereocenters. The SMILES string of the molecule is [CH2]CC(C)C(C)C. The summed E-state index contributed by atoms with van der Waals surface area (Å²) >= 11 is 0. The van der Waals surface area contributed by atoms with Crippen LogP contribution in [0, 0.1) is 18.8 Å². The molecule has 0 fully saturated rings. The van der Waals surface area contributed by atoms with Crippen molar-refractivity contribution in [2.45, 2.75) is 27.2 Å². The third-order valence-corrected chi connectivity index (χ3v) is 1.59. The number of hydrogen-bond donors (Lipinski definition) is 0. The van der Waals surface area contributed by atoms with Gasteiger partial charge >= 0.3 is 0 Å². The third kappa shape index (κ3) is 2.67. The third-order valence-electron chi connectivity index (χ3n) is 1.59. The normalized spacial score (nSPS) is 15.0.